The summed E-state index contributed by atoms with van der Waals surface area (Å²) in [5.41, 5.74) is 0. The fraction of sp³-hybridized carbons (Fsp3) is 0.846. The van der Waals surface area contributed by atoms with Crippen LogP contribution in [0.4, 0.5) is 0 Å². The maximum atomic E-state index is 12.0. The second kappa shape index (κ2) is 6.18. The van der Waals surface area contributed by atoms with Gasteiger partial charge in [-0.2, -0.15) is 0 Å². The third-order valence-electron chi connectivity index (χ3n) is 4.04. The van der Waals surface area contributed by atoms with Crippen LogP contribution in [0.15, 0.2) is 0 Å². The summed E-state index contributed by atoms with van der Waals surface area (Å²) in [5, 5.41) is 8.78. The minimum Gasteiger partial charge on any atom is -0.353 e. The van der Waals surface area contributed by atoms with Crippen molar-refractivity contribution in [2.24, 2.45) is 5.92 Å². The molecule has 0 bridgehead atoms. The topological polar surface area (TPSA) is 70.2 Å². The van der Waals surface area contributed by atoms with E-state index >= 15 is 0 Å². The molecule has 102 valence electrons. The van der Waals surface area contributed by atoms with Crippen LogP contribution < -0.4 is 16.0 Å². The predicted molar refractivity (Wildman–Crippen MR) is 69.0 cm³/mol. The number of piperazine rings is 1. The minimum absolute atomic E-state index is 0.0248. The van der Waals surface area contributed by atoms with Crippen LogP contribution in [0, 0.1) is 5.92 Å². The van der Waals surface area contributed by atoms with E-state index in [0.717, 1.165) is 18.8 Å². The Morgan fingerprint density at radius 3 is 2.94 bits per heavy atom. The Balaban J connectivity index is 1.78. The van der Waals surface area contributed by atoms with E-state index < -0.39 is 0 Å². The molecule has 3 atom stereocenters. The highest BCUT2D eigenvalue weighted by molar-refractivity contribution is 5.86. The van der Waals surface area contributed by atoms with E-state index in [1.54, 1.807) is 0 Å². The molecule has 18 heavy (non-hydrogen) atoms. The minimum atomic E-state index is -0.273. The van der Waals surface area contributed by atoms with Gasteiger partial charge in [-0.05, 0) is 18.8 Å². The van der Waals surface area contributed by atoms with Crippen LogP contribution in [0.1, 0.15) is 39.0 Å². The molecule has 5 heteroatoms. The third kappa shape index (κ3) is 3.45. The molecule has 0 aromatic heterocycles. The molecule has 2 fully saturated rings. The second-order valence-electron chi connectivity index (χ2n) is 5.38. The van der Waals surface area contributed by atoms with Gasteiger partial charge >= 0.3 is 0 Å². The van der Waals surface area contributed by atoms with Crippen molar-refractivity contribution in [2.45, 2.75) is 51.1 Å². The highest BCUT2D eigenvalue weighted by Crippen LogP contribution is 2.26. The van der Waals surface area contributed by atoms with Crippen LogP contribution in [0.25, 0.3) is 0 Å². The van der Waals surface area contributed by atoms with Gasteiger partial charge in [0.25, 0.3) is 0 Å². The van der Waals surface area contributed by atoms with Gasteiger partial charge in [0.05, 0.1) is 6.54 Å². The summed E-state index contributed by atoms with van der Waals surface area (Å²) in [7, 11) is 0. The predicted octanol–water partition coefficient (Wildman–Crippen LogP) is 0.159. The van der Waals surface area contributed by atoms with Crippen LogP contribution in [-0.4, -0.2) is 37.0 Å². The molecule has 1 saturated heterocycles. The Morgan fingerprint density at radius 2 is 2.28 bits per heavy atom. The lowest BCUT2D eigenvalue weighted by atomic mass is 9.84. The van der Waals surface area contributed by atoms with Gasteiger partial charge in [0.1, 0.15) is 6.04 Å². The molecular weight excluding hydrogens is 230 g/mol. The summed E-state index contributed by atoms with van der Waals surface area (Å²) in [6, 6.07) is 0.0420. The summed E-state index contributed by atoms with van der Waals surface area (Å²) in [4.78, 5) is 23.0. The summed E-state index contributed by atoms with van der Waals surface area (Å²) in [5.74, 6) is 0.739. The van der Waals surface area contributed by atoms with Crippen LogP contribution in [0.5, 0.6) is 0 Å². The van der Waals surface area contributed by atoms with Crippen molar-refractivity contribution in [2.75, 3.05) is 13.1 Å². The van der Waals surface area contributed by atoms with Gasteiger partial charge in [0.15, 0.2) is 0 Å². The first kappa shape index (κ1) is 13.3. The van der Waals surface area contributed by atoms with E-state index in [1.165, 1.54) is 19.3 Å². The van der Waals surface area contributed by atoms with E-state index in [-0.39, 0.29) is 24.4 Å². The number of nitrogens with one attached hydrogen (secondary N) is 3. The van der Waals surface area contributed by atoms with E-state index in [2.05, 4.69) is 22.9 Å². The summed E-state index contributed by atoms with van der Waals surface area (Å²) < 4.78 is 0. The van der Waals surface area contributed by atoms with Crippen LogP contribution in [0.3, 0.4) is 0 Å². The molecule has 2 rings (SSSR count). The highest BCUT2D eigenvalue weighted by atomic mass is 16.2. The quantitative estimate of drug-likeness (QED) is 0.671. The Bertz CT molecular complexity index is 309. The van der Waals surface area contributed by atoms with Gasteiger partial charge in [0.2, 0.25) is 11.8 Å². The fourth-order valence-electron chi connectivity index (χ4n) is 2.85. The smallest absolute Gasteiger partial charge is 0.239 e. The molecular formula is C13H23N3O2. The average Bonchev–Trinajstić information content (AvgIpc) is 2.39. The molecule has 1 saturated carbocycles. The Labute approximate surface area is 108 Å². The Hall–Kier alpha value is -1.10. The fourth-order valence-corrected chi connectivity index (χ4v) is 2.85. The number of amides is 2. The van der Waals surface area contributed by atoms with E-state index in [0.29, 0.717) is 12.6 Å². The molecule has 2 aliphatic rings. The lowest BCUT2D eigenvalue weighted by Crippen LogP contribution is -2.59. The number of hydrogen-bond donors (Lipinski definition) is 3. The van der Waals surface area contributed by atoms with Crippen molar-refractivity contribution in [3.05, 3.63) is 0 Å². The number of carbonyl (C=O) groups is 2. The number of hydrogen-bond acceptors (Lipinski definition) is 3. The van der Waals surface area contributed by atoms with Gasteiger partial charge in [-0.25, -0.2) is 0 Å². The Kier molecular flexibility index (Phi) is 4.58. The lowest BCUT2D eigenvalue weighted by Gasteiger charge is -2.31. The van der Waals surface area contributed by atoms with Crippen molar-refractivity contribution in [3.63, 3.8) is 0 Å². The van der Waals surface area contributed by atoms with Gasteiger partial charge < -0.3 is 10.6 Å². The van der Waals surface area contributed by atoms with Crippen molar-refractivity contribution in [3.8, 4) is 0 Å². The molecule has 0 aromatic carbocycles. The molecule has 1 aliphatic carbocycles. The van der Waals surface area contributed by atoms with E-state index in [1.807, 2.05) is 0 Å². The summed E-state index contributed by atoms with van der Waals surface area (Å²) in [6.07, 6.45) is 5.88. The lowest BCUT2D eigenvalue weighted by molar-refractivity contribution is -0.127. The standard InChI is InChI=1S/C13H23N3O2/c1-2-9-4-3-5-10(6-9)16-13(18)11-7-15-12(17)8-14-11/h9-11,14H,2-8H2,1H3,(H,15,17)(H,16,18). The SMILES string of the molecule is CCC1CCCC(NC(=O)C2CNC(=O)CN2)C1. The summed E-state index contributed by atoms with van der Waals surface area (Å²) in [6.45, 7) is 2.85. The number of carbonyl (C=O) groups excluding carboxylic acids is 2. The maximum absolute atomic E-state index is 12.0. The second-order valence-corrected chi connectivity index (χ2v) is 5.38. The molecule has 1 aliphatic heterocycles. The average molecular weight is 253 g/mol. The van der Waals surface area contributed by atoms with Gasteiger partial charge in [-0.1, -0.05) is 26.2 Å². The van der Waals surface area contributed by atoms with Crippen LogP contribution >= 0.6 is 0 Å². The molecule has 0 radical (unpaired) electrons. The van der Waals surface area contributed by atoms with Gasteiger partial charge in [0, 0.05) is 12.6 Å². The van der Waals surface area contributed by atoms with Crippen molar-refractivity contribution >= 4 is 11.8 Å². The van der Waals surface area contributed by atoms with Crippen LogP contribution in [0.2, 0.25) is 0 Å². The molecule has 0 aromatic rings. The Morgan fingerprint density at radius 1 is 1.44 bits per heavy atom. The molecule has 5 nitrogen and oxygen atoms in total. The zero-order valence-corrected chi connectivity index (χ0v) is 11.0. The van der Waals surface area contributed by atoms with Crippen molar-refractivity contribution in [1.82, 2.24) is 16.0 Å². The molecule has 3 unspecified atom stereocenters. The van der Waals surface area contributed by atoms with Crippen LogP contribution in [-0.2, 0) is 9.59 Å². The van der Waals surface area contributed by atoms with Crippen molar-refractivity contribution < 1.29 is 9.59 Å². The first-order valence-corrected chi connectivity index (χ1v) is 6.99. The van der Waals surface area contributed by atoms with E-state index in [4.69, 9.17) is 0 Å². The third-order valence-corrected chi connectivity index (χ3v) is 4.04. The molecule has 0 spiro atoms. The van der Waals surface area contributed by atoms with E-state index in [9.17, 15) is 9.59 Å². The van der Waals surface area contributed by atoms with Crippen molar-refractivity contribution in [1.29, 1.82) is 0 Å². The largest absolute Gasteiger partial charge is 0.353 e. The molecule has 1 heterocycles. The van der Waals surface area contributed by atoms with Gasteiger partial charge in [-0.3, -0.25) is 14.9 Å². The zero-order valence-electron chi connectivity index (χ0n) is 11.0. The zero-order chi connectivity index (χ0) is 13.0. The number of rotatable bonds is 3. The normalized spacial score (nSPS) is 32.7. The molecule has 3 N–H and O–H groups in total. The monoisotopic (exact) mass is 253 g/mol. The maximum Gasteiger partial charge on any atom is 0.239 e. The summed E-state index contributed by atoms with van der Waals surface area (Å²) >= 11 is 0. The molecule has 2 amide bonds. The highest BCUT2D eigenvalue weighted by Gasteiger charge is 2.27. The van der Waals surface area contributed by atoms with Gasteiger partial charge in [-0.15, -0.1) is 0 Å². The first-order chi connectivity index (χ1) is 8.69. The first-order valence-electron chi connectivity index (χ1n) is 6.99.